The second kappa shape index (κ2) is 10.3. The molecular formula is C22H37O5P. The molecule has 0 radical (unpaired) electrons. The van der Waals surface area contributed by atoms with Gasteiger partial charge in [0.25, 0.3) is 0 Å². The van der Waals surface area contributed by atoms with Crippen molar-refractivity contribution in [1.82, 2.24) is 0 Å². The van der Waals surface area contributed by atoms with Crippen molar-refractivity contribution in [3.8, 4) is 0 Å². The molecule has 2 unspecified atom stereocenters. The molecular weight excluding hydrogens is 375 g/mol. The van der Waals surface area contributed by atoms with Crippen LogP contribution in [0.25, 0.3) is 0 Å². The number of hydrogen-bond acceptors (Lipinski definition) is 4. The molecule has 28 heavy (non-hydrogen) atoms. The van der Waals surface area contributed by atoms with E-state index in [-0.39, 0.29) is 35.6 Å². The third-order valence-corrected chi connectivity index (χ3v) is 7.86. The van der Waals surface area contributed by atoms with Crippen molar-refractivity contribution in [3.63, 3.8) is 0 Å². The Kier molecular flexibility index (Phi) is 8.69. The lowest BCUT2D eigenvalue weighted by Crippen LogP contribution is -2.40. The van der Waals surface area contributed by atoms with E-state index in [2.05, 4.69) is 6.92 Å². The molecule has 3 N–H and O–H groups in total. The minimum Gasteiger partial charge on any atom is -0.392 e. The fourth-order valence-corrected chi connectivity index (χ4v) is 5.33. The normalized spacial score (nSPS) is 30.6. The zero-order chi connectivity index (χ0) is 20.8. The Morgan fingerprint density at radius 1 is 1.29 bits per heavy atom. The molecule has 0 aromatic rings. The number of Topliss-reactive ketones (excluding diaryl/α,β-unsaturated/α-hetero) is 1. The second-order valence-electron chi connectivity index (χ2n) is 8.79. The Hall–Kier alpha value is -0.740. The van der Waals surface area contributed by atoms with Crippen LogP contribution in [0.1, 0.15) is 64.7 Å². The van der Waals surface area contributed by atoms with Crippen LogP contribution in [-0.4, -0.2) is 45.9 Å². The fraction of sp³-hybridized carbons (Fsp3) is 0.773. The topological polar surface area (TPSA) is 94.8 Å². The Balaban J connectivity index is 1.84. The van der Waals surface area contributed by atoms with Crippen LogP contribution in [-0.2, 0) is 9.36 Å². The molecule has 0 heterocycles. The van der Waals surface area contributed by atoms with E-state index >= 15 is 0 Å². The van der Waals surface area contributed by atoms with Crippen molar-refractivity contribution in [2.45, 2.75) is 76.9 Å². The lowest BCUT2D eigenvalue weighted by atomic mass is 9.63. The lowest BCUT2D eigenvalue weighted by molar-refractivity contribution is -0.121. The summed E-state index contributed by atoms with van der Waals surface area (Å²) in [5, 5.41) is 20.8. The predicted octanol–water partition coefficient (Wildman–Crippen LogP) is 4.07. The highest BCUT2D eigenvalue weighted by atomic mass is 31.2. The highest BCUT2D eigenvalue weighted by Gasteiger charge is 2.42. The minimum atomic E-state index is -2.95. The van der Waals surface area contributed by atoms with Gasteiger partial charge in [0.05, 0.1) is 12.2 Å². The van der Waals surface area contributed by atoms with Gasteiger partial charge in [0.2, 0.25) is 0 Å². The number of ketones is 1. The Morgan fingerprint density at radius 2 is 2.00 bits per heavy atom. The number of allylic oxidation sites excluding steroid dienone is 2. The molecule has 0 bridgehead atoms. The van der Waals surface area contributed by atoms with Gasteiger partial charge in [-0.25, -0.2) is 0 Å². The molecule has 2 aliphatic carbocycles. The molecule has 160 valence electrons. The third kappa shape index (κ3) is 6.38. The summed E-state index contributed by atoms with van der Waals surface area (Å²) < 4.78 is 11.3. The summed E-state index contributed by atoms with van der Waals surface area (Å²) in [7, 11) is -2.95. The summed E-state index contributed by atoms with van der Waals surface area (Å²) in [6, 6.07) is 0. The van der Waals surface area contributed by atoms with Crippen LogP contribution in [0.4, 0.5) is 0 Å². The first-order valence-electron chi connectivity index (χ1n) is 10.7. The lowest BCUT2D eigenvalue weighted by Gasteiger charge is -2.45. The summed E-state index contributed by atoms with van der Waals surface area (Å²) >= 11 is 0. The highest BCUT2D eigenvalue weighted by Crippen LogP contribution is 2.47. The van der Waals surface area contributed by atoms with Gasteiger partial charge < -0.3 is 15.1 Å². The molecule has 2 rings (SSSR count). The Morgan fingerprint density at radius 3 is 2.57 bits per heavy atom. The van der Waals surface area contributed by atoms with Gasteiger partial charge >= 0.3 is 0 Å². The van der Waals surface area contributed by atoms with Crippen molar-refractivity contribution >= 4 is 13.2 Å². The largest absolute Gasteiger partial charge is 0.392 e. The van der Waals surface area contributed by atoms with Crippen LogP contribution < -0.4 is 0 Å². The SMILES string of the molecule is CCC1(C(O)CC=C[C@H]2[C@H](O)CC(=O)[C@@H]2CC=CCCCP(C)(=O)O)CCC1. The van der Waals surface area contributed by atoms with Gasteiger partial charge in [-0.2, -0.15) is 0 Å². The Bertz CT molecular complexity index is 611. The quantitative estimate of drug-likeness (QED) is 0.270. The van der Waals surface area contributed by atoms with Crippen LogP contribution in [0.2, 0.25) is 0 Å². The summed E-state index contributed by atoms with van der Waals surface area (Å²) in [4.78, 5) is 21.5. The molecule has 5 nitrogen and oxygen atoms in total. The van der Waals surface area contributed by atoms with E-state index in [4.69, 9.17) is 0 Å². The van der Waals surface area contributed by atoms with Crippen molar-refractivity contribution in [3.05, 3.63) is 24.3 Å². The maximum absolute atomic E-state index is 12.3. The van der Waals surface area contributed by atoms with Gasteiger partial charge in [-0.15, -0.1) is 0 Å². The van der Waals surface area contributed by atoms with Crippen LogP contribution >= 0.6 is 7.37 Å². The molecule has 0 aliphatic heterocycles. The number of carbonyl (C=O) groups excluding carboxylic acids is 1. The zero-order valence-corrected chi connectivity index (χ0v) is 18.2. The summed E-state index contributed by atoms with van der Waals surface area (Å²) in [5.41, 5.74) is 0.0631. The molecule has 6 heteroatoms. The Labute approximate surface area is 169 Å². The second-order valence-corrected chi connectivity index (χ2v) is 11.3. The number of aliphatic hydroxyl groups is 2. The van der Waals surface area contributed by atoms with E-state index in [1.54, 1.807) is 0 Å². The van der Waals surface area contributed by atoms with Crippen LogP contribution in [0.15, 0.2) is 24.3 Å². The van der Waals surface area contributed by atoms with E-state index in [0.29, 0.717) is 31.8 Å². The predicted molar refractivity (Wildman–Crippen MR) is 113 cm³/mol. The molecule has 2 saturated carbocycles. The van der Waals surface area contributed by atoms with Gasteiger partial charge in [0.15, 0.2) is 7.37 Å². The van der Waals surface area contributed by atoms with Crippen molar-refractivity contribution in [2.75, 3.05) is 12.8 Å². The van der Waals surface area contributed by atoms with Crippen LogP contribution in [0, 0.1) is 17.3 Å². The average molecular weight is 413 g/mol. The standard InChI is InChI=1S/C22H37O5P/c1-3-22(13-9-14-22)21(25)12-8-11-18-17(19(23)16-20(18)24)10-6-4-5-7-15-28(2,26)27/h4,6,8,11,17-18,20-21,24-25H,3,5,7,9-10,12-16H2,1-2H3,(H,26,27)/t17-,18-,20-,21?/m1/s1. The van der Waals surface area contributed by atoms with Gasteiger partial charge in [0.1, 0.15) is 5.78 Å². The van der Waals surface area contributed by atoms with E-state index in [0.717, 1.165) is 19.3 Å². The molecule has 0 aromatic heterocycles. The molecule has 0 amide bonds. The maximum atomic E-state index is 12.3. The number of carbonyl (C=O) groups is 1. The molecule has 5 atom stereocenters. The summed E-state index contributed by atoms with van der Waals surface area (Å²) in [6.07, 6.45) is 14.2. The fourth-order valence-electron chi connectivity index (χ4n) is 4.56. The van der Waals surface area contributed by atoms with Gasteiger partial charge in [-0.05, 0) is 50.4 Å². The third-order valence-electron chi connectivity index (χ3n) is 6.71. The minimum absolute atomic E-state index is 0.0631. The molecule has 2 aliphatic rings. The number of aliphatic hydroxyl groups excluding tert-OH is 2. The van der Waals surface area contributed by atoms with Crippen molar-refractivity contribution in [1.29, 1.82) is 0 Å². The first kappa shape index (κ1) is 23.5. The van der Waals surface area contributed by atoms with Crippen molar-refractivity contribution in [2.24, 2.45) is 17.3 Å². The molecule has 2 fully saturated rings. The first-order chi connectivity index (χ1) is 13.2. The monoisotopic (exact) mass is 412 g/mol. The van der Waals surface area contributed by atoms with Crippen LogP contribution in [0.5, 0.6) is 0 Å². The van der Waals surface area contributed by atoms with E-state index in [9.17, 15) is 24.5 Å². The zero-order valence-electron chi connectivity index (χ0n) is 17.3. The number of rotatable bonds is 11. The summed E-state index contributed by atoms with van der Waals surface area (Å²) in [6.45, 7) is 3.50. The highest BCUT2D eigenvalue weighted by molar-refractivity contribution is 7.57. The van der Waals surface area contributed by atoms with E-state index in [1.165, 1.54) is 13.1 Å². The van der Waals surface area contributed by atoms with Gasteiger partial charge in [-0.3, -0.25) is 9.36 Å². The van der Waals surface area contributed by atoms with Gasteiger partial charge in [0, 0.05) is 31.1 Å². The number of unbranched alkanes of at least 4 members (excludes halogenated alkanes) is 1. The first-order valence-corrected chi connectivity index (χ1v) is 13.0. The van der Waals surface area contributed by atoms with E-state index < -0.39 is 13.5 Å². The smallest absolute Gasteiger partial charge is 0.197 e. The van der Waals surface area contributed by atoms with Crippen molar-refractivity contribution < 1.29 is 24.5 Å². The molecule has 0 spiro atoms. The number of hydrogen-bond donors (Lipinski definition) is 3. The summed E-state index contributed by atoms with van der Waals surface area (Å²) in [5.74, 6) is -0.333. The van der Waals surface area contributed by atoms with E-state index in [1.807, 2.05) is 24.3 Å². The van der Waals surface area contributed by atoms with Gasteiger partial charge in [-0.1, -0.05) is 37.6 Å². The molecule has 0 saturated heterocycles. The molecule has 0 aromatic carbocycles. The average Bonchev–Trinajstić information content (AvgIpc) is 2.83. The maximum Gasteiger partial charge on any atom is 0.197 e. The van der Waals surface area contributed by atoms with Crippen LogP contribution in [0.3, 0.4) is 0 Å².